The fourth-order valence-corrected chi connectivity index (χ4v) is 8.17. The molecule has 0 heterocycles. The molecule has 0 radical (unpaired) electrons. The summed E-state index contributed by atoms with van der Waals surface area (Å²) in [7, 11) is 0. The summed E-state index contributed by atoms with van der Waals surface area (Å²) in [6.07, 6.45) is 19.6. The van der Waals surface area contributed by atoms with Crippen LogP contribution in [0.4, 0.5) is 0 Å². The molecule has 5 nitrogen and oxygen atoms in total. The van der Waals surface area contributed by atoms with Gasteiger partial charge in [0, 0.05) is 25.2 Å². The Bertz CT molecular complexity index is 899. The lowest BCUT2D eigenvalue weighted by molar-refractivity contribution is -0.154. The Morgan fingerprint density at radius 1 is 0.972 bits per heavy atom. The Hall–Kier alpha value is -1.91. The fraction of sp³-hybridized carbons (Fsp3) is 0.774. The maximum atomic E-state index is 12.2. The first kappa shape index (κ1) is 27.1. The predicted molar refractivity (Wildman–Crippen MR) is 140 cm³/mol. The molecule has 4 rings (SSSR count). The second-order valence-corrected chi connectivity index (χ2v) is 12.2. The van der Waals surface area contributed by atoms with E-state index in [2.05, 4.69) is 6.92 Å². The van der Waals surface area contributed by atoms with Crippen molar-refractivity contribution in [2.75, 3.05) is 0 Å². The van der Waals surface area contributed by atoms with Crippen LogP contribution in [0.3, 0.4) is 0 Å². The third-order valence-corrected chi connectivity index (χ3v) is 9.75. The van der Waals surface area contributed by atoms with E-state index in [0.29, 0.717) is 36.4 Å². The zero-order valence-corrected chi connectivity index (χ0v) is 22.5. The van der Waals surface area contributed by atoms with Gasteiger partial charge in [0.1, 0.15) is 6.10 Å². The molecule has 0 aromatic rings. The number of unbranched alkanes of at least 4 members (excludes halogenated alkanes) is 7. The first-order valence-electron chi connectivity index (χ1n) is 14.7. The molecule has 0 amide bonds. The van der Waals surface area contributed by atoms with Gasteiger partial charge in [-0.25, -0.2) is 0 Å². The zero-order valence-electron chi connectivity index (χ0n) is 22.5. The molecule has 5 heteroatoms. The number of carbonyl (C=O) groups is 3. The summed E-state index contributed by atoms with van der Waals surface area (Å²) in [5, 5.41) is 8.74. The van der Waals surface area contributed by atoms with Gasteiger partial charge in [0.25, 0.3) is 0 Å². The molecule has 36 heavy (non-hydrogen) atoms. The SMILES string of the molecule is CC(=O)O[C@H]1CC[C@H]2[C@@H]3CCC4=CC(=O)CCC4=C3[C@@H](CCCCCCCCCCC(=O)O)C[C@]12C. The van der Waals surface area contributed by atoms with Crippen LogP contribution in [0.2, 0.25) is 0 Å². The number of aliphatic carboxylic acids is 1. The number of carboxylic acids is 1. The van der Waals surface area contributed by atoms with Gasteiger partial charge in [-0.1, -0.05) is 57.4 Å². The van der Waals surface area contributed by atoms with Crippen molar-refractivity contribution < 1.29 is 24.2 Å². The van der Waals surface area contributed by atoms with E-state index < -0.39 is 5.97 Å². The molecule has 0 saturated heterocycles. The smallest absolute Gasteiger partial charge is 0.303 e. The number of ether oxygens (including phenoxy) is 1. The lowest BCUT2D eigenvalue weighted by atomic mass is 9.53. The van der Waals surface area contributed by atoms with E-state index in [1.165, 1.54) is 49.7 Å². The highest BCUT2D eigenvalue weighted by molar-refractivity contribution is 5.93. The number of hydrogen-bond acceptors (Lipinski definition) is 4. The molecule has 1 N–H and O–H groups in total. The Morgan fingerprint density at radius 2 is 1.67 bits per heavy atom. The molecular formula is C31H46O5. The molecule has 0 spiro atoms. The number of esters is 1. The van der Waals surface area contributed by atoms with Crippen molar-refractivity contribution in [3.8, 4) is 0 Å². The third-order valence-electron chi connectivity index (χ3n) is 9.75. The van der Waals surface area contributed by atoms with E-state index in [-0.39, 0.29) is 17.5 Å². The second-order valence-electron chi connectivity index (χ2n) is 12.2. The number of hydrogen-bond donors (Lipinski definition) is 1. The topological polar surface area (TPSA) is 80.7 Å². The van der Waals surface area contributed by atoms with Gasteiger partial charge in [0.15, 0.2) is 5.78 Å². The van der Waals surface area contributed by atoms with Gasteiger partial charge in [-0.05, 0) is 86.3 Å². The molecule has 0 unspecified atom stereocenters. The molecule has 0 bridgehead atoms. The first-order chi connectivity index (χ1) is 17.3. The van der Waals surface area contributed by atoms with Crippen molar-refractivity contribution in [1.29, 1.82) is 0 Å². The van der Waals surface area contributed by atoms with Gasteiger partial charge >= 0.3 is 11.9 Å². The van der Waals surface area contributed by atoms with Crippen molar-refractivity contribution >= 4 is 17.7 Å². The van der Waals surface area contributed by atoms with Crippen LogP contribution in [0, 0.1) is 23.2 Å². The molecule has 0 aliphatic heterocycles. The normalized spacial score (nSPS) is 31.4. The van der Waals surface area contributed by atoms with Crippen molar-refractivity contribution in [3.63, 3.8) is 0 Å². The Balaban J connectivity index is 1.38. The highest BCUT2D eigenvalue weighted by Crippen LogP contribution is 2.63. The summed E-state index contributed by atoms with van der Waals surface area (Å²) >= 11 is 0. The summed E-state index contributed by atoms with van der Waals surface area (Å²) in [5.41, 5.74) is 4.59. The number of carbonyl (C=O) groups excluding carboxylic acids is 2. The molecule has 0 aromatic heterocycles. The van der Waals surface area contributed by atoms with Crippen molar-refractivity contribution in [2.45, 2.75) is 129 Å². The molecule has 5 atom stereocenters. The summed E-state index contributed by atoms with van der Waals surface area (Å²) in [6.45, 7) is 3.94. The van der Waals surface area contributed by atoms with E-state index in [1.54, 1.807) is 12.5 Å². The van der Waals surface area contributed by atoms with Crippen LogP contribution in [0.5, 0.6) is 0 Å². The van der Waals surface area contributed by atoms with Gasteiger partial charge in [-0.3, -0.25) is 14.4 Å². The quantitative estimate of drug-likeness (QED) is 0.225. The fourth-order valence-electron chi connectivity index (χ4n) is 8.17. The van der Waals surface area contributed by atoms with E-state index in [9.17, 15) is 14.4 Å². The first-order valence-corrected chi connectivity index (χ1v) is 14.7. The minimum Gasteiger partial charge on any atom is -0.481 e. The second kappa shape index (κ2) is 12.1. The number of fused-ring (bicyclic) bond motifs is 4. The Kier molecular flexibility index (Phi) is 9.11. The summed E-state index contributed by atoms with van der Waals surface area (Å²) in [5.74, 6) is 1.17. The van der Waals surface area contributed by atoms with Crippen LogP contribution in [-0.4, -0.2) is 28.9 Å². The highest BCUT2D eigenvalue weighted by Gasteiger charge is 2.57. The summed E-state index contributed by atoms with van der Waals surface area (Å²) in [6, 6.07) is 0. The van der Waals surface area contributed by atoms with Crippen LogP contribution in [0.1, 0.15) is 123 Å². The zero-order chi connectivity index (χ0) is 25.7. The molecular weight excluding hydrogens is 452 g/mol. The van der Waals surface area contributed by atoms with Crippen LogP contribution >= 0.6 is 0 Å². The number of ketones is 1. The van der Waals surface area contributed by atoms with Gasteiger partial charge in [-0.2, -0.15) is 0 Å². The van der Waals surface area contributed by atoms with E-state index >= 15 is 0 Å². The Labute approximate surface area is 217 Å². The van der Waals surface area contributed by atoms with Gasteiger partial charge < -0.3 is 9.84 Å². The van der Waals surface area contributed by atoms with Crippen LogP contribution < -0.4 is 0 Å². The largest absolute Gasteiger partial charge is 0.481 e. The van der Waals surface area contributed by atoms with E-state index in [4.69, 9.17) is 9.84 Å². The van der Waals surface area contributed by atoms with Gasteiger partial charge in [0.2, 0.25) is 0 Å². The van der Waals surface area contributed by atoms with Crippen molar-refractivity contribution in [3.05, 3.63) is 22.8 Å². The third kappa shape index (κ3) is 6.14. The molecule has 2 saturated carbocycles. The number of allylic oxidation sites excluding steroid dienone is 4. The average molecular weight is 499 g/mol. The predicted octanol–water partition coefficient (Wildman–Crippen LogP) is 7.34. The van der Waals surface area contributed by atoms with Crippen LogP contribution in [0.25, 0.3) is 0 Å². The van der Waals surface area contributed by atoms with Crippen molar-refractivity contribution in [1.82, 2.24) is 0 Å². The molecule has 0 aromatic carbocycles. The van der Waals surface area contributed by atoms with Gasteiger partial charge in [-0.15, -0.1) is 0 Å². The van der Waals surface area contributed by atoms with Crippen LogP contribution in [-0.2, 0) is 19.1 Å². The molecule has 4 aliphatic rings. The van der Waals surface area contributed by atoms with Crippen molar-refractivity contribution in [2.24, 2.45) is 23.2 Å². The van der Waals surface area contributed by atoms with Gasteiger partial charge in [0.05, 0.1) is 0 Å². The summed E-state index contributed by atoms with van der Waals surface area (Å²) in [4.78, 5) is 34.7. The number of rotatable bonds is 12. The van der Waals surface area contributed by atoms with E-state index in [1.807, 2.05) is 6.08 Å². The summed E-state index contributed by atoms with van der Waals surface area (Å²) < 4.78 is 5.90. The minimum atomic E-state index is -0.687. The Morgan fingerprint density at radius 3 is 2.36 bits per heavy atom. The monoisotopic (exact) mass is 498 g/mol. The average Bonchev–Trinajstić information content (AvgIpc) is 3.14. The highest BCUT2D eigenvalue weighted by atomic mass is 16.5. The number of carboxylic acid groups (broad SMARTS) is 1. The minimum absolute atomic E-state index is 0.0417. The lowest BCUT2D eigenvalue weighted by Gasteiger charge is -2.52. The van der Waals surface area contributed by atoms with E-state index in [0.717, 1.165) is 57.8 Å². The maximum absolute atomic E-state index is 12.2. The lowest BCUT2D eigenvalue weighted by Crippen LogP contribution is -2.46. The standard InChI is InChI=1S/C31H46O5/c1-21(32)36-28-18-17-27-26-15-13-22-19-24(33)14-16-25(22)30(26)23(20-31(27,28)2)11-9-7-5-3-4-6-8-10-12-29(34)35/h19,23,26-28H,3-18,20H2,1-2H3,(H,34,35)/t23-,26-,27-,28-,31-/m0/s1. The molecule has 4 aliphatic carbocycles. The van der Waals surface area contributed by atoms with Crippen LogP contribution in [0.15, 0.2) is 22.8 Å². The molecule has 200 valence electrons. The molecule has 2 fully saturated rings. The maximum Gasteiger partial charge on any atom is 0.303 e.